The average Bonchev–Trinajstić information content (AvgIpc) is 3.65. The van der Waals surface area contributed by atoms with Crippen LogP contribution in [0.3, 0.4) is 0 Å². The van der Waals surface area contributed by atoms with Gasteiger partial charge in [-0.1, -0.05) is 46.3 Å². The lowest BCUT2D eigenvalue weighted by molar-refractivity contribution is -0.378. The van der Waals surface area contributed by atoms with E-state index in [0.717, 1.165) is 37.7 Å². The van der Waals surface area contributed by atoms with Gasteiger partial charge in [0.05, 0.1) is 37.6 Å². The summed E-state index contributed by atoms with van der Waals surface area (Å²) in [6.45, 7) is 15.5. The molecule has 18 heteroatoms. The van der Waals surface area contributed by atoms with Gasteiger partial charge in [0.1, 0.15) is 73.2 Å². The molecule has 0 aromatic heterocycles. The standard InChI is InChI=1S/C48H82O18/c1-22(2)10-9-14-48(8,66-42-39(60)36(57)33(54)26(20-50)62-42)23-11-16-47(7)31(23)24(52)18-29-45(5)15-13-30(44(3,4)28(45)12-17-46(29,47)6)64-43-40(37(58)34(55)27(21-51)63-43)65-41-38(59)35(56)32(53)25(19-49)61-41/h10,23-43,49-60H,9,11-21H2,1-8H3/t23-,24+,25+,26+,27+,28-,29+,30-,31-,32+,33+,34+,35-,36?,37-,38+,39?,40+,41-,42-,43-,45-,46+,47+,48-/m0/s1. The Labute approximate surface area is 388 Å². The normalized spacial score (nSPS) is 52.4. The molecule has 25 atom stereocenters. The van der Waals surface area contributed by atoms with Gasteiger partial charge in [0.25, 0.3) is 0 Å². The molecule has 4 saturated carbocycles. The smallest absolute Gasteiger partial charge is 0.187 e. The van der Waals surface area contributed by atoms with Crippen molar-refractivity contribution in [2.24, 2.45) is 45.3 Å². The quantitative estimate of drug-likeness (QED) is 0.0853. The third-order valence-electron chi connectivity index (χ3n) is 18.8. The molecule has 0 radical (unpaired) electrons. The van der Waals surface area contributed by atoms with E-state index in [0.29, 0.717) is 25.7 Å². The Hall–Kier alpha value is -0.980. The molecular weight excluding hydrogens is 865 g/mol. The third kappa shape index (κ3) is 8.79. The maximum Gasteiger partial charge on any atom is 0.187 e. The van der Waals surface area contributed by atoms with Gasteiger partial charge in [-0.25, -0.2) is 0 Å². The van der Waals surface area contributed by atoms with Gasteiger partial charge in [0, 0.05) is 0 Å². The summed E-state index contributed by atoms with van der Waals surface area (Å²) < 4.78 is 37.2. The molecule has 3 heterocycles. The summed E-state index contributed by atoms with van der Waals surface area (Å²) in [5.74, 6) is -0.151. The van der Waals surface area contributed by atoms with Crippen LogP contribution < -0.4 is 0 Å². The Morgan fingerprint density at radius 2 is 1.14 bits per heavy atom. The van der Waals surface area contributed by atoms with E-state index in [1.165, 1.54) is 0 Å². The molecule has 66 heavy (non-hydrogen) atoms. The first-order valence-electron chi connectivity index (χ1n) is 24.4. The van der Waals surface area contributed by atoms with Crippen LogP contribution in [0.25, 0.3) is 0 Å². The zero-order valence-electron chi connectivity index (χ0n) is 40.0. The number of fused-ring (bicyclic) bond motifs is 5. The van der Waals surface area contributed by atoms with E-state index < -0.39 is 135 Å². The summed E-state index contributed by atoms with van der Waals surface area (Å²) in [6.07, 6.45) is -15.4. The van der Waals surface area contributed by atoms with Crippen molar-refractivity contribution in [2.45, 2.75) is 223 Å². The minimum Gasteiger partial charge on any atom is -0.394 e. The molecule has 0 aromatic rings. The van der Waals surface area contributed by atoms with Gasteiger partial charge < -0.3 is 89.7 Å². The van der Waals surface area contributed by atoms with Gasteiger partial charge in [0.15, 0.2) is 18.9 Å². The van der Waals surface area contributed by atoms with Crippen LogP contribution in [0, 0.1) is 45.3 Å². The predicted molar refractivity (Wildman–Crippen MR) is 234 cm³/mol. The second kappa shape index (κ2) is 19.6. The van der Waals surface area contributed by atoms with E-state index in [2.05, 4.69) is 40.7 Å². The summed E-state index contributed by atoms with van der Waals surface area (Å²) in [7, 11) is 0. The lowest BCUT2D eigenvalue weighted by atomic mass is 9.35. The van der Waals surface area contributed by atoms with E-state index in [-0.39, 0.29) is 39.9 Å². The third-order valence-corrected chi connectivity index (χ3v) is 18.8. The Morgan fingerprint density at radius 3 is 1.71 bits per heavy atom. The molecule has 12 N–H and O–H groups in total. The first-order valence-corrected chi connectivity index (χ1v) is 24.4. The van der Waals surface area contributed by atoms with E-state index in [9.17, 15) is 61.3 Å². The second-order valence-electron chi connectivity index (χ2n) is 22.9. The zero-order chi connectivity index (χ0) is 48.6. The van der Waals surface area contributed by atoms with Gasteiger partial charge in [-0.2, -0.15) is 0 Å². The highest BCUT2D eigenvalue weighted by molar-refractivity contribution is 5.20. The Balaban J connectivity index is 1.13. The van der Waals surface area contributed by atoms with Crippen molar-refractivity contribution in [3.8, 4) is 0 Å². The van der Waals surface area contributed by atoms with E-state index in [4.69, 9.17) is 28.4 Å². The number of hydrogen-bond acceptors (Lipinski definition) is 18. The van der Waals surface area contributed by atoms with Gasteiger partial charge in [-0.15, -0.1) is 0 Å². The van der Waals surface area contributed by atoms with Crippen molar-refractivity contribution in [2.75, 3.05) is 19.8 Å². The van der Waals surface area contributed by atoms with Crippen LogP contribution in [-0.4, -0.2) is 191 Å². The highest BCUT2D eigenvalue weighted by Crippen LogP contribution is 2.76. The SMILES string of the molecule is CC(C)=CCC[C@](C)(O[C@@H]1O[C@H](CO)[C@@H](O)C(O)C1O)[C@H]1CC[C@]2(C)[C@@H]1[C@H](O)C[C@@H]1[C@@]3(C)CC[C@H](O[C@@H]4O[C@H](CO)[C@@H](O)[C@H](O)[C@H]4O[C@@H]4O[C@H](CO)[C@@H](O)[C@H](O)[C@H]4O)C(C)(C)[C@@H]3CC[C@]12C. The number of aliphatic hydroxyl groups excluding tert-OH is 12. The topological polar surface area (TPSA) is 298 Å². The Kier molecular flexibility index (Phi) is 15.7. The lowest BCUT2D eigenvalue weighted by Crippen LogP contribution is -2.68. The summed E-state index contributed by atoms with van der Waals surface area (Å²) in [5.41, 5.74) is -1.12. The van der Waals surface area contributed by atoms with E-state index in [1.54, 1.807) is 0 Å². The van der Waals surface area contributed by atoms with Crippen molar-refractivity contribution in [3.63, 3.8) is 0 Å². The van der Waals surface area contributed by atoms with Crippen molar-refractivity contribution < 1.29 is 89.7 Å². The summed E-state index contributed by atoms with van der Waals surface area (Å²) in [5, 5.41) is 129. The lowest BCUT2D eigenvalue weighted by Gasteiger charge is -2.71. The second-order valence-corrected chi connectivity index (χ2v) is 22.9. The molecule has 0 bridgehead atoms. The zero-order valence-corrected chi connectivity index (χ0v) is 40.0. The summed E-state index contributed by atoms with van der Waals surface area (Å²) in [6, 6.07) is 0. The van der Waals surface area contributed by atoms with Crippen LogP contribution in [0.2, 0.25) is 0 Å². The van der Waals surface area contributed by atoms with Crippen LogP contribution in [0.1, 0.15) is 113 Å². The van der Waals surface area contributed by atoms with Crippen LogP contribution in [0.15, 0.2) is 11.6 Å². The van der Waals surface area contributed by atoms with Crippen molar-refractivity contribution in [1.82, 2.24) is 0 Å². The van der Waals surface area contributed by atoms with Gasteiger partial charge in [0.2, 0.25) is 0 Å². The molecule has 2 unspecified atom stereocenters. The summed E-state index contributed by atoms with van der Waals surface area (Å²) >= 11 is 0. The molecule has 382 valence electrons. The minimum atomic E-state index is -1.79. The van der Waals surface area contributed by atoms with Crippen molar-refractivity contribution >= 4 is 0 Å². The average molecular weight is 947 g/mol. The highest BCUT2D eigenvalue weighted by atomic mass is 16.8. The van der Waals surface area contributed by atoms with Crippen molar-refractivity contribution in [3.05, 3.63) is 11.6 Å². The minimum absolute atomic E-state index is 0.0905. The maximum absolute atomic E-state index is 12.7. The fourth-order valence-electron chi connectivity index (χ4n) is 14.9. The molecular formula is C48H82O18. The first-order chi connectivity index (χ1) is 30.8. The first kappa shape index (κ1) is 52.8. The number of aliphatic hydroxyl groups is 12. The Bertz CT molecular complexity index is 1680. The Morgan fingerprint density at radius 1 is 0.606 bits per heavy atom. The molecule has 3 aliphatic heterocycles. The van der Waals surface area contributed by atoms with Crippen LogP contribution >= 0.6 is 0 Å². The number of allylic oxidation sites excluding steroid dienone is 2. The van der Waals surface area contributed by atoms with E-state index >= 15 is 0 Å². The van der Waals surface area contributed by atoms with Crippen LogP contribution in [0.4, 0.5) is 0 Å². The number of ether oxygens (including phenoxy) is 6. The van der Waals surface area contributed by atoms with E-state index in [1.807, 2.05) is 20.8 Å². The predicted octanol–water partition coefficient (Wildman–Crippen LogP) is -0.0268. The van der Waals surface area contributed by atoms with Crippen LogP contribution in [0.5, 0.6) is 0 Å². The number of hydrogen-bond donors (Lipinski definition) is 12. The van der Waals surface area contributed by atoms with Gasteiger partial charge in [-0.05, 0) is 124 Å². The maximum atomic E-state index is 12.7. The number of rotatable bonds is 13. The molecule has 7 rings (SSSR count). The van der Waals surface area contributed by atoms with Gasteiger partial charge in [-0.3, -0.25) is 0 Å². The van der Waals surface area contributed by atoms with Crippen molar-refractivity contribution in [1.29, 1.82) is 0 Å². The molecule has 18 nitrogen and oxygen atoms in total. The molecule has 7 aliphatic rings. The fraction of sp³-hybridized carbons (Fsp3) is 0.958. The molecule has 0 amide bonds. The van der Waals surface area contributed by atoms with Crippen LogP contribution in [-0.2, 0) is 28.4 Å². The molecule has 0 spiro atoms. The largest absolute Gasteiger partial charge is 0.394 e. The molecule has 3 saturated heterocycles. The summed E-state index contributed by atoms with van der Waals surface area (Å²) in [4.78, 5) is 0. The highest BCUT2D eigenvalue weighted by Gasteiger charge is 2.72. The monoisotopic (exact) mass is 947 g/mol. The molecule has 0 aromatic carbocycles. The molecule has 7 fully saturated rings. The molecule has 4 aliphatic carbocycles. The fourth-order valence-corrected chi connectivity index (χ4v) is 14.9. The van der Waals surface area contributed by atoms with Gasteiger partial charge >= 0.3 is 0 Å².